The topological polar surface area (TPSA) is 62.8 Å². The molecular formula is C13H18N2O2. The van der Waals surface area contributed by atoms with E-state index in [-0.39, 0.29) is 17.0 Å². The first-order valence-corrected chi connectivity index (χ1v) is 6.01. The molecule has 0 unspecified atom stereocenters. The van der Waals surface area contributed by atoms with Crippen molar-refractivity contribution in [3.8, 4) is 0 Å². The molecule has 1 N–H and O–H groups in total. The molecule has 1 aromatic heterocycles. The van der Waals surface area contributed by atoms with Gasteiger partial charge in [0.25, 0.3) is 0 Å². The van der Waals surface area contributed by atoms with E-state index in [1.807, 2.05) is 13.8 Å². The Balaban J connectivity index is 1.97. The van der Waals surface area contributed by atoms with E-state index in [1.54, 1.807) is 12.5 Å². The van der Waals surface area contributed by atoms with Crippen molar-refractivity contribution in [1.29, 1.82) is 0 Å². The van der Waals surface area contributed by atoms with Crippen molar-refractivity contribution in [3.63, 3.8) is 0 Å². The van der Waals surface area contributed by atoms with Crippen LogP contribution in [0.5, 0.6) is 0 Å². The van der Waals surface area contributed by atoms with Crippen molar-refractivity contribution in [2.24, 2.45) is 11.3 Å². The van der Waals surface area contributed by atoms with E-state index in [9.17, 15) is 9.59 Å². The summed E-state index contributed by atoms with van der Waals surface area (Å²) in [6.07, 6.45) is 5.71. The van der Waals surface area contributed by atoms with Crippen LogP contribution in [0.1, 0.15) is 38.8 Å². The van der Waals surface area contributed by atoms with Crippen LogP contribution in [0.2, 0.25) is 0 Å². The fourth-order valence-electron chi connectivity index (χ4n) is 2.48. The van der Waals surface area contributed by atoms with Crippen LogP contribution in [0.25, 0.3) is 0 Å². The van der Waals surface area contributed by atoms with Crippen LogP contribution in [0, 0.1) is 11.3 Å². The van der Waals surface area contributed by atoms with Gasteiger partial charge in [0, 0.05) is 24.7 Å². The van der Waals surface area contributed by atoms with E-state index < -0.39 is 5.92 Å². The van der Waals surface area contributed by atoms with Crippen molar-refractivity contribution in [1.82, 2.24) is 9.97 Å². The molecule has 1 aliphatic carbocycles. The summed E-state index contributed by atoms with van der Waals surface area (Å²) in [5.74, 6) is -0.192. The Labute approximate surface area is 101 Å². The van der Waals surface area contributed by atoms with Crippen molar-refractivity contribution in [3.05, 3.63) is 18.2 Å². The molecular weight excluding hydrogens is 216 g/mol. The van der Waals surface area contributed by atoms with Gasteiger partial charge in [0.05, 0.1) is 12.2 Å². The lowest BCUT2D eigenvalue weighted by atomic mass is 9.70. The van der Waals surface area contributed by atoms with Gasteiger partial charge >= 0.3 is 0 Å². The first-order valence-electron chi connectivity index (χ1n) is 6.01. The number of imidazole rings is 1. The summed E-state index contributed by atoms with van der Waals surface area (Å²) in [6, 6.07) is 0. The maximum atomic E-state index is 11.9. The number of carbonyl (C=O) groups is 2. The predicted molar refractivity (Wildman–Crippen MR) is 63.4 cm³/mol. The highest BCUT2D eigenvalue weighted by atomic mass is 16.2. The van der Waals surface area contributed by atoms with Gasteiger partial charge in [0.15, 0.2) is 0 Å². The third kappa shape index (κ3) is 2.81. The largest absolute Gasteiger partial charge is 0.348 e. The molecule has 0 amide bonds. The molecule has 0 atom stereocenters. The molecule has 1 aromatic rings. The molecule has 1 heterocycles. The average Bonchev–Trinajstić information content (AvgIpc) is 2.67. The van der Waals surface area contributed by atoms with Gasteiger partial charge in [0.1, 0.15) is 11.6 Å². The molecule has 1 aliphatic rings. The van der Waals surface area contributed by atoms with Gasteiger partial charge in [-0.25, -0.2) is 4.98 Å². The third-order valence-corrected chi connectivity index (χ3v) is 3.34. The minimum atomic E-state index is -0.397. The summed E-state index contributed by atoms with van der Waals surface area (Å²) >= 11 is 0. The Bertz CT molecular complexity index is 401. The normalized spacial score (nSPS) is 20.8. The number of aromatic amines is 1. The zero-order chi connectivity index (χ0) is 12.5. The molecule has 1 fully saturated rings. The van der Waals surface area contributed by atoms with Crippen LogP contribution in [-0.4, -0.2) is 21.5 Å². The van der Waals surface area contributed by atoms with E-state index in [4.69, 9.17) is 0 Å². The lowest BCUT2D eigenvalue weighted by Crippen LogP contribution is -2.37. The molecule has 1 saturated carbocycles. The fraction of sp³-hybridized carbons (Fsp3) is 0.615. The third-order valence-electron chi connectivity index (χ3n) is 3.34. The standard InChI is InChI=1S/C13H18N2O2/c1-13(2)5-11(16)10(12(17)6-13)4-3-9-7-14-8-15-9/h7-8,10H,3-6H2,1-2H3,(H,14,15). The van der Waals surface area contributed by atoms with Crippen molar-refractivity contribution in [2.45, 2.75) is 39.5 Å². The van der Waals surface area contributed by atoms with Crippen LogP contribution in [0.4, 0.5) is 0 Å². The zero-order valence-electron chi connectivity index (χ0n) is 10.3. The number of ketones is 2. The second-order valence-corrected chi connectivity index (χ2v) is 5.62. The number of Topliss-reactive ketones (excluding diaryl/α,β-unsaturated/α-hetero) is 2. The molecule has 4 heteroatoms. The van der Waals surface area contributed by atoms with Gasteiger partial charge < -0.3 is 4.98 Å². The van der Waals surface area contributed by atoms with Gasteiger partial charge in [-0.3, -0.25) is 9.59 Å². The van der Waals surface area contributed by atoms with Crippen LogP contribution in [0.15, 0.2) is 12.5 Å². The Morgan fingerprint density at radius 1 is 1.35 bits per heavy atom. The molecule has 92 valence electrons. The quantitative estimate of drug-likeness (QED) is 0.813. The lowest BCUT2D eigenvalue weighted by molar-refractivity contribution is -0.139. The molecule has 0 aromatic carbocycles. The SMILES string of the molecule is CC1(C)CC(=O)C(CCc2cnc[nH]2)C(=O)C1. The van der Waals surface area contributed by atoms with Gasteiger partial charge in [-0.2, -0.15) is 0 Å². The van der Waals surface area contributed by atoms with E-state index in [0.717, 1.165) is 5.69 Å². The highest BCUT2D eigenvalue weighted by Gasteiger charge is 2.38. The van der Waals surface area contributed by atoms with E-state index in [1.165, 1.54) is 0 Å². The molecule has 2 rings (SSSR count). The monoisotopic (exact) mass is 234 g/mol. The number of H-pyrrole nitrogens is 1. The second-order valence-electron chi connectivity index (χ2n) is 5.62. The summed E-state index contributed by atoms with van der Waals surface area (Å²) in [4.78, 5) is 30.8. The highest BCUT2D eigenvalue weighted by Crippen LogP contribution is 2.35. The van der Waals surface area contributed by atoms with Crippen LogP contribution < -0.4 is 0 Å². The van der Waals surface area contributed by atoms with E-state index in [2.05, 4.69) is 9.97 Å². The number of nitrogens with one attached hydrogen (secondary N) is 1. The van der Waals surface area contributed by atoms with Crippen LogP contribution in [-0.2, 0) is 16.0 Å². The molecule has 0 aliphatic heterocycles. The second kappa shape index (κ2) is 4.43. The highest BCUT2D eigenvalue weighted by molar-refractivity contribution is 6.05. The van der Waals surface area contributed by atoms with Gasteiger partial charge in [0.2, 0.25) is 0 Å². The Hall–Kier alpha value is -1.45. The maximum Gasteiger partial charge on any atom is 0.143 e. The summed E-state index contributed by atoms with van der Waals surface area (Å²) in [5, 5.41) is 0. The summed E-state index contributed by atoms with van der Waals surface area (Å²) in [7, 11) is 0. The average molecular weight is 234 g/mol. The minimum absolute atomic E-state index is 0.103. The smallest absolute Gasteiger partial charge is 0.143 e. The van der Waals surface area contributed by atoms with Gasteiger partial charge in [-0.05, 0) is 18.3 Å². The summed E-state index contributed by atoms with van der Waals surface area (Å²) in [5.41, 5.74) is 0.828. The molecule has 0 saturated heterocycles. The number of nitrogens with zero attached hydrogens (tertiary/aromatic N) is 1. The van der Waals surface area contributed by atoms with Gasteiger partial charge in [-0.1, -0.05) is 13.8 Å². The zero-order valence-corrected chi connectivity index (χ0v) is 10.3. The molecule has 4 nitrogen and oxygen atoms in total. The number of aromatic nitrogens is 2. The summed E-state index contributed by atoms with van der Waals surface area (Å²) < 4.78 is 0. The molecule has 0 spiro atoms. The number of hydrogen-bond acceptors (Lipinski definition) is 3. The van der Waals surface area contributed by atoms with Crippen molar-refractivity contribution < 1.29 is 9.59 Å². The number of rotatable bonds is 3. The Morgan fingerprint density at radius 2 is 2.00 bits per heavy atom. The molecule has 0 bridgehead atoms. The van der Waals surface area contributed by atoms with E-state index >= 15 is 0 Å². The number of aryl methyl sites for hydroxylation is 1. The maximum absolute atomic E-state index is 11.9. The first-order chi connectivity index (χ1) is 7.98. The number of carbonyl (C=O) groups excluding carboxylic acids is 2. The van der Waals surface area contributed by atoms with Crippen LogP contribution >= 0.6 is 0 Å². The molecule has 17 heavy (non-hydrogen) atoms. The van der Waals surface area contributed by atoms with Gasteiger partial charge in [-0.15, -0.1) is 0 Å². The fourth-order valence-corrected chi connectivity index (χ4v) is 2.48. The van der Waals surface area contributed by atoms with E-state index in [0.29, 0.717) is 25.7 Å². The lowest BCUT2D eigenvalue weighted by Gasteiger charge is -2.31. The summed E-state index contributed by atoms with van der Waals surface area (Å²) in [6.45, 7) is 3.96. The molecule has 0 radical (unpaired) electrons. The van der Waals surface area contributed by atoms with Crippen molar-refractivity contribution in [2.75, 3.05) is 0 Å². The number of hydrogen-bond donors (Lipinski definition) is 1. The Kier molecular flexibility index (Phi) is 3.13. The Morgan fingerprint density at radius 3 is 2.53 bits per heavy atom. The van der Waals surface area contributed by atoms with Crippen molar-refractivity contribution >= 4 is 11.6 Å². The predicted octanol–water partition coefficient (Wildman–Crippen LogP) is 1.92. The minimum Gasteiger partial charge on any atom is -0.348 e. The first kappa shape index (κ1) is 12.0. The van der Waals surface area contributed by atoms with Crippen LogP contribution in [0.3, 0.4) is 0 Å².